The third-order valence-corrected chi connectivity index (χ3v) is 3.13. The lowest BCUT2D eigenvalue weighted by atomic mass is 9.86. The normalized spacial score (nSPS) is 12.3. The van der Waals surface area contributed by atoms with E-state index in [1.807, 2.05) is 7.05 Å². The third-order valence-electron chi connectivity index (χ3n) is 3.13. The number of fused-ring (bicyclic) bond motifs is 1. The number of nitrogens with zero attached hydrogens (tertiary/aromatic N) is 2. The van der Waals surface area contributed by atoms with Crippen LogP contribution in [0.1, 0.15) is 32.2 Å². The summed E-state index contributed by atoms with van der Waals surface area (Å²) in [7, 11) is 4.04. The fourth-order valence-corrected chi connectivity index (χ4v) is 2.24. The standard InChI is InChI=1S/C14H21N3/c1-14(2,3)10-7-6-8-11-13(10)17(5)12(16-11)9-15-4/h6-8,15H,9H2,1-5H3. The van der Waals surface area contributed by atoms with E-state index in [2.05, 4.69) is 60.9 Å². The van der Waals surface area contributed by atoms with Crippen LogP contribution in [0, 0.1) is 0 Å². The third kappa shape index (κ3) is 2.07. The van der Waals surface area contributed by atoms with Gasteiger partial charge in [0.2, 0.25) is 0 Å². The van der Waals surface area contributed by atoms with Gasteiger partial charge in [-0.05, 0) is 24.1 Å². The van der Waals surface area contributed by atoms with Crippen molar-refractivity contribution in [1.29, 1.82) is 0 Å². The summed E-state index contributed by atoms with van der Waals surface area (Å²) in [6.45, 7) is 7.53. The molecule has 2 rings (SSSR count). The van der Waals surface area contributed by atoms with Gasteiger partial charge in [-0.3, -0.25) is 0 Å². The first-order valence-electron chi connectivity index (χ1n) is 6.04. The number of nitrogens with one attached hydrogen (secondary N) is 1. The van der Waals surface area contributed by atoms with Gasteiger partial charge in [-0.15, -0.1) is 0 Å². The molecule has 0 aliphatic carbocycles. The molecule has 0 radical (unpaired) electrons. The zero-order valence-electron chi connectivity index (χ0n) is 11.3. The van der Waals surface area contributed by atoms with Crippen molar-refractivity contribution in [3.63, 3.8) is 0 Å². The van der Waals surface area contributed by atoms with Crippen molar-refractivity contribution < 1.29 is 0 Å². The monoisotopic (exact) mass is 231 g/mol. The van der Waals surface area contributed by atoms with Gasteiger partial charge in [0.05, 0.1) is 17.6 Å². The van der Waals surface area contributed by atoms with Crippen LogP contribution in [-0.2, 0) is 19.0 Å². The van der Waals surface area contributed by atoms with Gasteiger partial charge in [-0.2, -0.15) is 0 Å². The molecule has 0 saturated carbocycles. The summed E-state index contributed by atoms with van der Waals surface area (Å²) in [5, 5.41) is 3.16. The van der Waals surface area contributed by atoms with Crippen molar-refractivity contribution in [2.45, 2.75) is 32.7 Å². The van der Waals surface area contributed by atoms with E-state index in [1.165, 1.54) is 11.1 Å². The maximum atomic E-state index is 4.68. The van der Waals surface area contributed by atoms with Crippen LogP contribution in [0.3, 0.4) is 0 Å². The van der Waals surface area contributed by atoms with Gasteiger partial charge in [0.25, 0.3) is 0 Å². The maximum Gasteiger partial charge on any atom is 0.123 e. The molecule has 0 atom stereocenters. The van der Waals surface area contributed by atoms with Gasteiger partial charge in [0, 0.05) is 7.05 Å². The Morgan fingerprint density at radius 2 is 2.00 bits per heavy atom. The van der Waals surface area contributed by atoms with E-state index < -0.39 is 0 Å². The minimum atomic E-state index is 0.143. The first-order chi connectivity index (χ1) is 7.95. The Morgan fingerprint density at radius 3 is 2.59 bits per heavy atom. The molecule has 3 heteroatoms. The van der Waals surface area contributed by atoms with Crippen molar-refractivity contribution in [3.05, 3.63) is 29.6 Å². The molecule has 3 nitrogen and oxygen atoms in total. The highest BCUT2D eigenvalue weighted by molar-refractivity contribution is 5.80. The second-order valence-electron chi connectivity index (χ2n) is 5.54. The van der Waals surface area contributed by atoms with Gasteiger partial charge in [-0.25, -0.2) is 4.98 Å². The molecule has 0 amide bonds. The average Bonchev–Trinajstić information content (AvgIpc) is 2.55. The lowest BCUT2D eigenvalue weighted by Gasteiger charge is -2.20. The summed E-state index contributed by atoms with van der Waals surface area (Å²) in [6.07, 6.45) is 0. The molecule has 1 heterocycles. The zero-order valence-corrected chi connectivity index (χ0v) is 11.3. The van der Waals surface area contributed by atoms with Crippen LogP contribution < -0.4 is 5.32 Å². The highest BCUT2D eigenvalue weighted by atomic mass is 15.1. The molecule has 0 spiro atoms. The van der Waals surface area contributed by atoms with Crippen LogP contribution in [0.4, 0.5) is 0 Å². The van der Waals surface area contributed by atoms with Crippen molar-refractivity contribution in [2.75, 3.05) is 7.05 Å². The van der Waals surface area contributed by atoms with Crippen molar-refractivity contribution in [1.82, 2.24) is 14.9 Å². The Morgan fingerprint density at radius 1 is 1.29 bits per heavy atom. The molecule has 92 valence electrons. The second kappa shape index (κ2) is 4.15. The number of hydrogen-bond acceptors (Lipinski definition) is 2. The Hall–Kier alpha value is -1.35. The number of imidazole rings is 1. The van der Waals surface area contributed by atoms with Crippen LogP contribution in [0.2, 0.25) is 0 Å². The average molecular weight is 231 g/mol. The molecule has 17 heavy (non-hydrogen) atoms. The summed E-state index contributed by atoms with van der Waals surface area (Å²) < 4.78 is 2.20. The number of para-hydroxylation sites is 1. The minimum absolute atomic E-state index is 0.143. The zero-order chi connectivity index (χ0) is 12.6. The second-order valence-corrected chi connectivity index (χ2v) is 5.54. The predicted molar refractivity (Wildman–Crippen MR) is 72.2 cm³/mol. The van der Waals surface area contributed by atoms with E-state index in [4.69, 9.17) is 0 Å². The van der Waals surface area contributed by atoms with Gasteiger partial charge in [-0.1, -0.05) is 32.9 Å². The van der Waals surface area contributed by atoms with Crippen LogP contribution >= 0.6 is 0 Å². The van der Waals surface area contributed by atoms with Gasteiger partial charge in [0.1, 0.15) is 5.82 Å². The van der Waals surface area contributed by atoms with Crippen LogP contribution in [0.15, 0.2) is 18.2 Å². The lowest BCUT2D eigenvalue weighted by Crippen LogP contribution is -2.14. The fraction of sp³-hybridized carbons (Fsp3) is 0.500. The molecule has 1 N–H and O–H groups in total. The molecule has 0 aliphatic heterocycles. The predicted octanol–water partition coefficient (Wildman–Crippen LogP) is 2.59. The van der Waals surface area contributed by atoms with Crippen LogP contribution in [0.25, 0.3) is 11.0 Å². The Balaban J connectivity index is 2.71. The summed E-state index contributed by atoms with van der Waals surface area (Å²) in [6, 6.07) is 6.38. The van der Waals surface area contributed by atoms with E-state index in [9.17, 15) is 0 Å². The summed E-state index contributed by atoms with van der Waals surface area (Å²) in [5.41, 5.74) is 3.84. The molecular formula is C14H21N3. The Labute approximate surface area is 103 Å². The molecule has 0 aliphatic rings. The van der Waals surface area contributed by atoms with E-state index >= 15 is 0 Å². The molecule has 1 aromatic carbocycles. The van der Waals surface area contributed by atoms with Crippen molar-refractivity contribution in [2.24, 2.45) is 7.05 Å². The molecule has 0 saturated heterocycles. The quantitative estimate of drug-likeness (QED) is 0.861. The lowest BCUT2D eigenvalue weighted by molar-refractivity contribution is 0.591. The summed E-state index contributed by atoms with van der Waals surface area (Å²) in [4.78, 5) is 4.68. The van der Waals surface area contributed by atoms with Crippen molar-refractivity contribution >= 4 is 11.0 Å². The number of aryl methyl sites for hydroxylation is 1. The Kier molecular flexibility index (Phi) is 2.96. The highest BCUT2D eigenvalue weighted by Crippen LogP contribution is 2.29. The van der Waals surface area contributed by atoms with Gasteiger partial charge in [0.15, 0.2) is 0 Å². The fourth-order valence-electron chi connectivity index (χ4n) is 2.24. The molecule has 0 unspecified atom stereocenters. The SMILES string of the molecule is CNCc1nc2cccc(C(C)(C)C)c2n1C. The molecule has 0 bridgehead atoms. The molecule has 1 aromatic heterocycles. The van der Waals surface area contributed by atoms with E-state index in [0.29, 0.717) is 0 Å². The molecule has 2 aromatic rings. The number of hydrogen-bond donors (Lipinski definition) is 1. The first-order valence-corrected chi connectivity index (χ1v) is 6.04. The summed E-state index contributed by atoms with van der Waals surface area (Å²) in [5.74, 6) is 1.08. The number of rotatable bonds is 2. The first kappa shape index (κ1) is 12.1. The largest absolute Gasteiger partial charge is 0.330 e. The Bertz CT molecular complexity index is 532. The van der Waals surface area contributed by atoms with E-state index in [-0.39, 0.29) is 5.41 Å². The topological polar surface area (TPSA) is 29.9 Å². The number of aromatic nitrogens is 2. The molecule has 0 fully saturated rings. The van der Waals surface area contributed by atoms with Crippen LogP contribution in [0.5, 0.6) is 0 Å². The van der Waals surface area contributed by atoms with Gasteiger partial charge < -0.3 is 9.88 Å². The minimum Gasteiger partial charge on any atom is -0.330 e. The summed E-state index contributed by atoms with van der Waals surface area (Å²) >= 11 is 0. The smallest absolute Gasteiger partial charge is 0.123 e. The van der Waals surface area contributed by atoms with E-state index in [1.54, 1.807) is 0 Å². The van der Waals surface area contributed by atoms with Crippen molar-refractivity contribution in [3.8, 4) is 0 Å². The van der Waals surface area contributed by atoms with Gasteiger partial charge >= 0.3 is 0 Å². The maximum absolute atomic E-state index is 4.68. The molecular weight excluding hydrogens is 210 g/mol. The highest BCUT2D eigenvalue weighted by Gasteiger charge is 2.20. The van der Waals surface area contributed by atoms with Crippen LogP contribution in [-0.4, -0.2) is 16.6 Å². The number of benzene rings is 1. The van der Waals surface area contributed by atoms with E-state index in [0.717, 1.165) is 17.9 Å².